The van der Waals surface area contributed by atoms with Gasteiger partial charge >= 0.3 is 26.2 Å². The van der Waals surface area contributed by atoms with E-state index in [1.165, 1.54) is 41.7 Å². The van der Waals surface area contributed by atoms with Crippen molar-refractivity contribution < 1.29 is 51.0 Å². The molecule has 0 amide bonds. The average Bonchev–Trinajstić information content (AvgIpc) is 3.27. The Balaban J connectivity index is 0.000000204. The molecule has 0 saturated carbocycles. The molecule has 4 bridgehead atoms. The standard InChI is InChI=1S/C15H9S.C9H6Br.2ClH.Zr/c1-2-11-8-12-9-14(11)15(3-1)16-13-6-4-10(12)5-7-13;10-9-5-7-3-1-2-4-8(7)6-9;;;/h1-9H;1-6H;2*1H;/q2*-1;;;+4/p-2. The van der Waals surface area contributed by atoms with Gasteiger partial charge in [-0.3, -0.25) is 0 Å². The molecule has 0 radical (unpaired) electrons. The van der Waals surface area contributed by atoms with Crippen molar-refractivity contribution in [1.29, 1.82) is 0 Å². The summed E-state index contributed by atoms with van der Waals surface area (Å²) in [6, 6.07) is 32.5. The van der Waals surface area contributed by atoms with Crippen LogP contribution in [0.5, 0.6) is 0 Å². The number of hydrogen-bond donors (Lipinski definition) is 0. The van der Waals surface area contributed by atoms with Gasteiger partial charge in [0.1, 0.15) is 0 Å². The van der Waals surface area contributed by atoms with Crippen LogP contribution in [0.3, 0.4) is 0 Å². The predicted octanol–water partition coefficient (Wildman–Crippen LogP) is 2.25. The van der Waals surface area contributed by atoms with Gasteiger partial charge < -0.3 is 24.8 Å². The number of halogens is 3. The largest absolute Gasteiger partial charge is 4.00 e. The van der Waals surface area contributed by atoms with Crippen LogP contribution in [-0.2, 0) is 26.2 Å². The average molecular weight is 577 g/mol. The summed E-state index contributed by atoms with van der Waals surface area (Å²) in [5, 5.41) is 7.97. The number of rotatable bonds is 0. The molecule has 0 aliphatic carbocycles. The van der Waals surface area contributed by atoms with Gasteiger partial charge in [0.05, 0.1) is 0 Å². The molecule has 7 rings (SSSR count). The fourth-order valence-corrected chi connectivity index (χ4v) is 4.87. The van der Waals surface area contributed by atoms with Crippen LogP contribution in [0.4, 0.5) is 0 Å². The molecule has 0 nitrogen and oxygen atoms in total. The van der Waals surface area contributed by atoms with Crippen molar-refractivity contribution in [2.75, 3.05) is 0 Å². The Morgan fingerprint density at radius 1 is 0.655 bits per heavy atom. The molecule has 29 heavy (non-hydrogen) atoms. The van der Waals surface area contributed by atoms with Crippen molar-refractivity contribution in [3.8, 4) is 0 Å². The second kappa shape index (κ2) is 10.4. The van der Waals surface area contributed by atoms with E-state index < -0.39 is 0 Å². The zero-order chi connectivity index (χ0) is 17.5. The van der Waals surface area contributed by atoms with E-state index in [-0.39, 0.29) is 51.0 Å². The molecule has 5 aromatic carbocycles. The van der Waals surface area contributed by atoms with Crippen LogP contribution in [0.1, 0.15) is 0 Å². The molecule has 2 heterocycles. The smallest absolute Gasteiger partial charge is 1.00 e. The zero-order valence-electron chi connectivity index (χ0n) is 15.2. The van der Waals surface area contributed by atoms with Crippen LogP contribution in [0.15, 0.2) is 95.5 Å². The summed E-state index contributed by atoms with van der Waals surface area (Å²) in [5.74, 6) is 0. The minimum Gasteiger partial charge on any atom is -1.00 e. The zero-order valence-corrected chi connectivity index (χ0v) is 21.6. The van der Waals surface area contributed by atoms with Gasteiger partial charge in [-0.2, -0.15) is 6.07 Å². The molecular weight excluding hydrogens is 562 g/mol. The fraction of sp³-hybridized carbons (Fsp3) is 0. The summed E-state index contributed by atoms with van der Waals surface area (Å²) < 4.78 is 3.84. The molecule has 2 aromatic heterocycles. The van der Waals surface area contributed by atoms with Crippen LogP contribution >= 0.6 is 27.3 Å². The second-order valence-electron chi connectivity index (χ2n) is 6.43. The molecule has 0 fully saturated rings. The molecule has 0 N–H and O–H groups in total. The van der Waals surface area contributed by atoms with E-state index in [2.05, 4.69) is 107 Å². The summed E-state index contributed by atoms with van der Waals surface area (Å²) in [6.45, 7) is 0. The molecule has 0 aliphatic heterocycles. The Morgan fingerprint density at radius 2 is 1.38 bits per heavy atom. The molecule has 0 aliphatic rings. The summed E-state index contributed by atoms with van der Waals surface area (Å²) in [7, 11) is 0. The van der Waals surface area contributed by atoms with E-state index >= 15 is 0 Å². The Labute approximate surface area is 213 Å². The van der Waals surface area contributed by atoms with E-state index in [0.29, 0.717) is 0 Å². The van der Waals surface area contributed by atoms with Gasteiger partial charge in [0, 0.05) is 4.70 Å². The minimum atomic E-state index is 0. The van der Waals surface area contributed by atoms with Gasteiger partial charge in [0.2, 0.25) is 0 Å². The molecule has 0 atom stereocenters. The maximum absolute atomic E-state index is 3.42. The van der Waals surface area contributed by atoms with Crippen molar-refractivity contribution >= 4 is 69.0 Å². The van der Waals surface area contributed by atoms with Crippen molar-refractivity contribution in [2.45, 2.75) is 0 Å². The van der Waals surface area contributed by atoms with Gasteiger partial charge in [0.25, 0.3) is 0 Å². The molecule has 0 spiro atoms. The number of hydrogen-bond acceptors (Lipinski definition) is 1. The van der Waals surface area contributed by atoms with Crippen molar-refractivity contribution in [2.24, 2.45) is 0 Å². The molecule has 0 unspecified atom stereocenters. The van der Waals surface area contributed by atoms with E-state index in [0.717, 1.165) is 4.47 Å². The van der Waals surface area contributed by atoms with Crippen LogP contribution in [0, 0.1) is 0 Å². The monoisotopic (exact) mass is 574 g/mol. The van der Waals surface area contributed by atoms with Gasteiger partial charge in [-0.25, -0.2) is 0 Å². The SMILES string of the molecule is Brc1cc2ccccc2[cH-]1.[Cl-].[Cl-].[Zr+4].c1cc2[cH-]c3cc2c(c1)sc1ccc3cc1. The third kappa shape index (κ3) is 5.03. The van der Waals surface area contributed by atoms with Gasteiger partial charge in [0.15, 0.2) is 0 Å². The Bertz CT molecular complexity index is 1310. The minimum absolute atomic E-state index is 0. The summed E-state index contributed by atoms with van der Waals surface area (Å²) in [6.07, 6.45) is 0. The first-order valence-electron chi connectivity index (χ1n) is 8.55. The first kappa shape index (κ1) is 24.3. The first-order chi connectivity index (χ1) is 12.8. The van der Waals surface area contributed by atoms with Gasteiger partial charge in [-0.05, 0) is 4.70 Å². The first-order valence-corrected chi connectivity index (χ1v) is 10.2. The topological polar surface area (TPSA) is 0 Å². The maximum Gasteiger partial charge on any atom is 4.00 e. The van der Waals surface area contributed by atoms with Crippen LogP contribution in [0.25, 0.3) is 41.7 Å². The third-order valence-corrected chi connectivity index (χ3v) is 6.25. The van der Waals surface area contributed by atoms with Crippen molar-refractivity contribution in [3.05, 3.63) is 95.5 Å². The Hall–Kier alpha value is -0.957. The predicted molar refractivity (Wildman–Crippen MR) is 120 cm³/mol. The maximum atomic E-state index is 3.42. The van der Waals surface area contributed by atoms with E-state index in [4.69, 9.17) is 0 Å². The van der Waals surface area contributed by atoms with Crippen LogP contribution in [-0.4, -0.2) is 0 Å². The van der Waals surface area contributed by atoms with E-state index in [9.17, 15) is 0 Å². The number of fused-ring (bicyclic) bond motifs is 3. The van der Waals surface area contributed by atoms with E-state index in [1.807, 2.05) is 11.3 Å². The quantitative estimate of drug-likeness (QED) is 0.243. The van der Waals surface area contributed by atoms with Gasteiger partial charge in [-0.15, -0.1) is 75.3 Å². The summed E-state index contributed by atoms with van der Waals surface area (Å²) in [4.78, 5) is 0. The molecule has 142 valence electrons. The Morgan fingerprint density at radius 3 is 2.14 bits per heavy atom. The van der Waals surface area contributed by atoms with Crippen molar-refractivity contribution in [3.63, 3.8) is 0 Å². The van der Waals surface area contributed by atoms with E-state index in [1.54, 1.807) is 0 Å². The number of benzene rings is 3. The van der Waals surface area contributed by atoms with Crippen LogP contribution < -0.4 is 24.8 Å². The van der Waals surface area contributed by atoms with Crippen LogP contribution in [0.2, 0.25) is 0 Å². The summed E-state index contributed by atoms with van der Waals surface area (Å²) in [5.41, 5.74) is 0. The fourth-order valence-electron chi connectivity index (χ4n) is 3.42. The molecule has 5 heteroatoms. The Kier molecular flexibility index (Phi) is 8.70. The molecule has 7 aromatic rings. The molecule has 0 saturated heterocycles. The van der Waals surface area contributed by atoms with Gasteiger partial charge in [-0.1, -0.05) is 73.6 Å². The van der Waals surface area contributed by atoms with Crippen molar-refractivity contribution in [1.82, 2.24) is 0 Å². The normalized spacial score (nSPS) is 10.1. The second-order valence-corrected chi connectivity index (χ2v) is 8.46. The summed E-state index contributed by atoms with van der Waals surface area (Å²) >= 11 is 5.27. The molecular formula is C24H15BrCl2SZr. The third-order valence-electron chi connectivity index (χ3n) is 4.71.